The molecule has 0 amide bonds. The van der Waals surface area contributed by atoms with Crippen LogP contribution in [0.4, 0.5) is 0 Å². The number of ether oxygens (including phenoxy) is 1. The summed E-state index contributed by atoms with van der Waals surface area (Å²) in [6.45, 7) is 0.347. The van der Waals surface area contributed by atoms with Crippen LogP contribution in [0.25, 0.3) is 16.4 Å². The van der Waals surface area contributed by atoms with Crippen molar-refractivity contribution in [1.29, 1.82) is 0 Å². The van der Waals surface area contributed by atoms with E-state index in [1.165, 1.54) is 0 Å². The molecule has 0 bridgehead atoms. The molecule has 0 aliphatic rings. The number of nitrogens with zero attached hydrogens (tertiary/aromatic N) is 5. The lowest BCUT2D eigenvalue weighted by atomic mass is 10.1. The van der Waals surface area contributed by atoms with E-state index in [1.807, 2.05) is 60.7 Å². The molecule has 0 spiro atoms. The van der Waals surface area contributed by atoms with Crippen molar-refractivity contribution in [2.75, 3.05) is 0 Å². The highest BCUT2D eigenvalue weighted by Gasteiger charge is 2.15. The second kappa shape index (κ2) is 7.08. The molecule has 2 aromatic carbocycles. The Balaban J connectivity index is 1.58. The third kappa shape index (κ3) is 3.05. The molecule has 136 valence electrons. The van der Waals surface area contributed by atoms with Gasteiger partial charge in [-0.1, -0.05) is 54.6 Å². The SMILES string of the molecule is c1ccc(Cc2nnc3c4ccccc4c(OCc4ccccn4)nn23)cc1. The van der Waals surface area contributed by atoms with E-state index >= 15 is 0 Å². The summed E-state index contributed by atoms with van der Waals surface area (Å²) in [5.74, 6) is 1.32. The number of pyridine rings is 1. The van der Waals surface area contributed by atoms with Gasteiger partial charge in [-0.25, -0.2) is 0 Å². The van der Waals surface area contributed by atoms with E-state index < -0.39 is 0 Å². The van der Waals surface area contributed by atoms with Crippen molar-refractivity contribution in [2.45, 2.75) is 13.0 Å². The van der Waals surface area contributed by atoms with Crippen molar-refractivity contribution in [3.05, 3.63) is 96.1 Å². The lowest BCUT2D eigenvalue weighted by Crippen LogP contribution is -2.05. The minimum Gasteiger partial charge on any atom is -0.470 e. The van der Waals surface area contributed by atoms with Crippen LogP contribution in [0.1, 0.15) is 17.1 Å². The summed E-state index contributed by atoms with van der Waals surface area (Å²) in [5, 5.41) is 15.3. The van der Waals surface area contributed by atoms with E-state index in [1.54, 1.807) is 10.7 Å². The molecule has 0 radical (unpaired) electrons. The zero-order valence-electron chi connectivity index (χ0n) is 15.1. The standard InChI is InChI=1S/C22H17N5O/c1-2-8-16(9-3-1)14-20-24-25-21-18-11-4-5-12-19(18)22(26-27(20)21)28-15-17-10-6-7-13-23-17/h1-13H,14-15H2. The Morgan fingerprint density at radius 3 is 2.39 bits per heavy atom. The first kappa shape index (κ1) is 16.4. The Labute approximate surface area is 161 Å². The number of aromatic nitrogens is 5. The van der Waals surface area contributed by atoms with Crippen molar-refractivity contribution in [1.82, 2.24) is 24.8 Å². The molecule has 0 saturated carbocycles. The zero-order valence-corrected chi connectivity index (χ0v) is 15.1. The Hall–Kier alpha value is -3.80. The Morgan fingerprint density at radius 1 is 0.786 bits per heavy atom. The Bertz CT molecular complexity index is 1240. The first-order valence-electron chi connectivity index (χ1n) is 9.08. The molecule has 0 unspecified atom stereocenters. The molecular formula is C22H17N5O. The number of fused-ring (bicyclic) bond motifs is 3. The van der Waals surface area contributed by atoms with Gasteiger partial charge in [-0.3, -0.25) is 4.98 Å². The van der Waals surface area contributed by atoms with Crippen LogP contribution in [-0.4, -0.2) is 24.8 Å². The summed E-state index contributed by atoms with van der Waals surface area (Å²) in [6, 6.07) is 23.9. The van der Waals surface area contributed by atoms with Crippen LogP contribution >= 0.6 is 0 Å². The van der Waals surface area contributed by atoms with Crippen LogP contribution in [0.5, 0.6) is 5.88 Å². The summed E-state index contributed by atoms with van der Waals surface area (Å²) in [6.07, 6.45) is 2.40. The first-order valence-corrected chi connectivity index (χ1v) is 9.08. The monoisotopic (exact) mass is 367 g/mol. The van der Waals surface area contributed by atoms with E-state index in [0.717, 1.165) is 33.5 Å². The Kier molecular flexibility index (Phi) is 4.14. The molecule has 5 rings (SSSR count). The molecule has 5 aromatic rings. The third-order valence-electron chi connectivity index (χ3n) is 4.58. The van der Waals surface area contributed by atoms with Gasteiger partial charge >= 0.3 is 0 Å². The second-order valence-corrected chi connectivity index (χ2v) is 6.47. The second-order valence-electron chi connectivity index (χ2n) is 6.47. The highest BCUT2D eigenvalue weighted by atomic mass is 16.5. The molecule has 0 saturated heterocycles. The van der Waals surface area contributed by atoms with Crippen LogP contribution in [0.3, 0.4) is 0 Å². The van der Waals surface area contributed by atoms with Crippen LogP contribution in [-0.2, 0) is 13.0 Å². The number of hydrogen-bond donors (Lipinski definition) is 0. The van der Waals surface area contributed by atoms with Crippen LogP contribution in [0.15, 0.2) is 79.0 Å². The first-order chi connectivity index (χ1) is 13.9. The lowest BCUT2D eigenvalue weighted by Gasteiger charge is -2.09. The van der Waals surface area contributed by atoms with Gasteiger partial charge in [0.1, 0.15) is 6.61 Å². The van der Waals surface area contributed by atoms with Gasteiger partial charge in [0.2, 0.25) is 5.88 Å². The van der Waals surface area contributed by atoms with Crippen LogP contribution in [0, 0.1) is 0 Å². The summed E-state index contributed by atoms with van der Waals surface area (Å²) >= 11 is 0. The van der Waals surface area contributed by atoms with Crippen LogP contribution < -0.4 is 4.74 Å². The fourth-order valence-electron chi connectivity index (χ4n) is 3.22. The molecular weight excluding hydrogens is 350 g/mol. The van der Waals surface area contributed by atoms with Gasteiger partial charge in [0.05, 0.1) is 5.69 Å². The highest BCUT2D eigenvalue weighted by Crippen LogP contribution is 2.27. The fourth-order valence-corrected chi connectivity index (χ4v) is 3.22. The van der Waals surface area contributed by atoms with Crippen LogP contribution in [0.2, 0.25) is 0 Å². The predicted octanol–water partition coefficient (Wildman–Crippen LogP) is 3.84. The minimum absolute atomic E-state index is 0.347. The van der Waals surface area contributed by atoms with Gasteiger partial charge < -0.3 is 4.74 Å². The fraction of sp³-hybridized carbons (Fsp3) is 0.0909. The molecule has 0 N–H and O–H groups in total. The van der Waals surface area contributed by atoms with E-state index in [4.69, 9.17) is 9.84 Å². The minimum atomic E-state index is 0.347. The average molecular weight is 367 g/mol. The van der Waals surface area contributed by atoms with E-state index in [2.05, 4.69) is 27.3 Å². The maximum absolute atomic E-state index is 6.04. The van der Waals surface area contributed by atoms with Crippen molar-refractivity contribution in [3.8, 4) is 5.88 Å². The zero-order chi connectivity index (χ0) is 18.8. The molecule has 6 heteroatoms. The van der Waals surface area contributed by atoms with Crippen molar-refractivity contribution < 1.29 is 4.74 Å². The van der Waals surface area contributed by atoms with Gasteiger partial charge in [-0.05, 0) is 23.8 Å². The number of rotatable bonds is 5. The van der Waals surface area contributed by atoms with Gasteiger partial charge in [0.15, 0.2) is 11.5 Å². The van der Waals surface area contributed by atoms with Gasteiger partial charge in [0.25, 0.3) is 0 Å². The number of benzene rings is 2. The van der Waals surface area contributed by atoms with Crippen molar-refractivity contribution >= 4 is 16.4 Å². The third-order valence-corrected chi connectivity index (χ3v) is 4.58. The van der Waals surface area contributed by atoms with E-state index in [9.17, 15) is 0 Å². The summed E-state index contributed by atoms with van der Waals surface area (Å²) < 4.78 is 7.82. The van der Waals surface area contributed by atoms with Crippen molar-refractivity contribution in [3.63, 3.8) is 0 Å². The summed E-state index contributed by atoms with van der Waals surface area (Å²) in [7, 11) is 0. The van der Waals surface area contributed by atoms with E-state index in [-0.39, 0.29) is 0 Å². The van der Waals surface area contributed by atoms with Gasteiger partial charge in [0, 0.05) is 23.4 Å². The topological polar surface area (TPSA) is 65.2 Å². The molecule has 28 heavy (non-hydrogen) atoms. The van der Waals surface area contributed by atoms with E-state index in [0.29, 0.717) is 18.9 Å². The summed E-state index contributed by atoms with van der Waals surface area (Å²) in [5.41, 5.74) is 2.73. The lowest BCUT2D eigenvalue weighted by molar-refractivity contribution is 0.288. The molecule has 6 nitrogen and oxygen atoms in total. The van der Waals surface area contributed by atoms with Gasteiger partial charge in [-0.15, -0.1) is 15.3 Å². The molecule has 3 aromatic heterocycles. The van der Waals surface area contributed by atoms with Gasteiger partial charge in [-0.2, -0.15) is 4.52 Å². The summed E-state index contributed by atoms with van der Waals surface area (Å²) in [4.78, 5) is 4.32. The highest BCUT2D eigenvalue weighted by molar-refractivity contribution is 5.96. The normalized spacial score (nSPS) is 11.1. The molecule has 0 atom stereocenters. The molecule has 0 fully saturated rings. The maximum atomic E-state index is 6.04. The Morgan fingerprint density at radius 2 is 1.57 bits per heavy atom. The number of hydrogen-bond acceptors (Lipinski definition) is 5. The maximum Gasteiger partial charge on any atom is 0.240 e. The molecule has 3 heterocycles. The molecule has 0 aliphatic heterocycles. The largest absolute Gasteiger partial charge is 0.470 e. The molecule has 0 aliphatic carbocycles. The quantitative estimate of drug-likeness (QED) is 0.472. The van der Waals surface area contributed by atoms with Crippen molar-refractivity contribution in [2.24, 2.45) is 0 Å². The average Bonchev–Trinajstić information content (AvgIpc) is 3.16. The predicted molar refractivity (Wildman–Crippen MR) is 106 cm³/mol. The smallest absolute Gasteiger partial charge is 0.240 e.